The molecule has 17 heavy (non-hydrogen) atoms. The number of carbonyl (C=O) groups excluding carboxylic acids is 1. The van der Waals surface area contributed by atoms with Gasteiger partial charge in [0.25, 0.3) is 5.91 Å². The molecule has 0 aliphatic carbocycles. The lowest BCUT2D eigenvalue weighted by atomic mass is 10.1. The molecule has 0 unspecified atom stereocenters. The number of rotatable bonds is 2. The maximum Gasteiger partial charge on any atom is 0.257 e. The highest BCUT2D eigenvalue weighted by atomic mass is 32.1. The van der Waals surface area contributed by atoms with Crippen LogP contribution in [0.25, 0.3) is 0 Å². The Balaban J connectivity index is 2.20. The van der Waals surface area contributed by atoms with E-state index in [4.69, 9.17) is 5.73 Å². The zero-order chi connectivity index (χ0) is 12.4. The van der Waals surface area contributed by atoms with E-state index in [0.29, 0.717) is 22.2 Å². The summed E-state index contributed by atoms with van der Waals surface area (Å²) in [6.45, 7) is 3.62. The minimum absolute atomic E-state index is 0.196. The highest BCUT2D eigenvalue weighted by molar-refractivity contribution is 7.09. The van der Waals surface area contributed by atoms with Gasteiger partial charge < -0.3 is 5.73 Å². The summed E-state index contributed by atoms with van der Waals surface area (Å²) in [6.07, 6.45) is 0. The topological polar surface area (TPSA) is 80.9 Å². The van der Waals surface area contributed by atoms with Gasteiger partial charge in [0.05, 0.1) is 0 Å². The molecule has 0 saturated carbocycles. The second-order valence-electron chi connectivity index (χ2n) is 3.68. The molecular formula is C11H12N4OS. The number of amides is 1. The molecule has 0 saturated heterocycles. The molecule has 0 aliphatic rings. The number of hydrogen-bond acceptors (Lipinski definition) is 5. The van der Waals surface area contributed by atoms with Crippen molar-refractivity contribution in [3.05, 3.63) is 35.2 Å². The van der Waals surface area contributed by atoms with E-state index in [1.54, 1.807) is 25.1 Å². The standard InChI is InChI=1S/C11H12N4OS/c1-6-5-8(12)3-4-9(6)10(16)14-11-13-7(2)15-17-11/h3-5H,12H2,1-2H3,(H,13,14,15,16). The van der Waals surface area contributed by atoms with Crippen LogP contribution in [-0.2, 0) is 0 Å². The predicted octanol–water partition coefficient (Wildman–Crippen LogP) is 1.99. The minimum atomic E-state index is -0.196. The molecule has 3 N–H and O–H groups in total. The third kappa shape index (κ3) is 2.59. The number of carbonyl (C=O) groups is 1. The van der Waals surface area contributed by atoms with Gasteiger partial charge in [-0.05, 0) is 37.6 Å². The van der Waals surface area contributed by atoms with E-state index < -0.39 is 0 Å². The van der Waals surface area contributed by atoms with Crippen LogP contribution >= 0.6 is 11.5 Å². The van der Waals surface area contributed by atoms with Crippen LogP contribution in [0.3, 0.4) is 0 Å². The third-order valence-corrected chi connectivity index (χ3v) is 2.96. The Morgan fingerprint density at radius 3 is 2.76 bits per heavy atom. The van der Waals surface area contributed by atoms with E-state index in [-0.39, 0.29) is 5.91 Å². The number of aryl methyl sites for hydroxylation is 2. The summed E-state index contributed by atoms with van der Waals surface area (Å²) in [5, 5.41) is 3.21. The first-order valence-electron chi connectivity index (χ1n) is 5.04. The first kappa shape index (κ1) is 11.5. The SMILES string of the molecule is Cc1nsc(NC(=O)c2ccc(N)cc2C)n1. The molecule has 1 amide bonds. The Bertz CT molecular complexity index is 564. The molecule has 0 fully saturated rings. The first-order valence-corrected chi connectivity index (χ1v) is 5.81. The molecule has 0 aliphatic heterocycles. The Morgan fingerprint density at radius 2 is 2.18 bits per heavy atom. The second-order valence-corrected chi connectivity index (χ2v) is 4.43. The summed E-state index contributed by atoms with van der Waals surface area (Å²) in [6, 6.07) is 5.17. The molecule has 2 rings (SSSR count). The number of anilines is 2. The molecule has 0 bridgehead atoms. The molecule has 5 nitrogen and oxygen atoms in total. The Kier molecular flexibility index (Phi) is 3.06. The summed E-state index contributed by atoms with van der Waals surface area (Å²) in [4.78, 5) is 16.0. The van der Waals surface area contributed by atoms with E-state index >= 15 is 0 Å². The Morgan fingerprint density at radius 1 is 1.41 bits per heavy atom. The molecule has 0 spiro atoms. The monoisotopic (exact) mass is 248 g/mol. The zero-order valence-corrected chi connectivity index (χ0v) is 10.3. The quantitative estimate of drug-likeness (QED) is 0.796. The van der Waals surface area contributed by atoms with Crippen LogP contribution in [0.4, 0.5) is 10.8 Å². The van der Waals surface area contributed by atoms with Crippen molar-refractivity contribution in [1.82, 2.24) is 9.36 Å². The van der Waals surface area contributed by atoms with Crippen LogP contribution in [0, 0.1) is 13.8 Å². The van der Waals surface area contributed by atoms with Crippen LogP contribution in [0.2, 0.25) is 0 Å². The summed E-state index contributed by atoms with van der Waals surface area (Å²) >= 11 is 1.16. The van der Waals surface area contributed by atoms with Crippen molar-refractivity contribution < 1.29 is 4.79 Å². The van der Waals surface area contributed by atoms with Gasteiger partial charge in [0.2, 0.25) is 5.13 Å². The third-order valence-electron chi connectivity index (χ3n) is 2.24. The van der Waals surface area contributed by atoms with E-state index in [1.807, 2.05) is 6.92 Å². The number of benzene rings is 1. The average molecular weight is 248 g/mol. The number of nitrogens with one attached hydrogen (secondary N) is 1. The van der Waals surface area contributed by atoms with Crippen molar-refractivity contribution in [3.8, 4) is 0 Å². The van der Waals surface area contributed by atoms with Gasteiger partial charge in [-0.2, -0.15) is 4.37 Å². The van der Waals surface area contributed by atoms with Gasteiger partial charge in [0, 0.05) is 22.8 Å². The summed E-state index contributed by atoms with van der Waals surface area (Å²) in [5.41, 5.74) is 7.70. The molecule has 0 atom stereocenters. The van der Waals surface area contributed by atoms with E-state index in [2.05, 4.69) is 14.7 Å². The van der Waals surface area contributed by atoms with E-state index in [9.17, 15) is 4.79 Å². The van der Waals surface area contributed by atoms with Crippen LogP contribution in [0.5, 0.6) is 0 Å². The van der Waals surface area contributed by atoms with Crippen molar-refractivity contribution in [1.29, 1.82) is 0 Å². The van der Waals surface area contributed by atoms with Crippen LogP contribution in [0.1, 0.15) is 21.7 Å². The fourth-order valence-electron chi connectivity index (χ4n) is 1.45. The fourth-order valence-corrected chi connectivity index (χ4v) is 2.02. The number of hydrogen-bond donors (Lipinski definition) is 2. The van der Waals surface area contributed by atoms with Gasteiger partial charge in [-0.25, -0.2) is 4.98 Å². The normalized spacial score (nSPS) is 10.2. The highest BCUT2D eigenvalue weighted by Crippen LogP contribution is 2.16. The van der Waals surface area contributed by atoms with E-state index in [1.165, 1.54) is 0 Å². The highest BCUT2D eigenvalue weighted by Gasteiger charge is 2.11. The maximum atomic E-state index is 11.9. The maximum absolute atomic E-state index is 11.9. The lowest BCUT2D eigenvalue weighted by molar-refractivity contribution is 0.102. The Hall–Kier alpha value is -1.95. The van der Waals surface area contributed by atoms with Gasteiger partial charge in [-0.3, -0.25) is 10.1 Å². The van der Waals surface area contributed by atoms with Crippen LogP contribution in [-0.4, -0.2) is 15.3 Å². The van der Waals surface area contributed by atoms with Gasteiger partial charge >= 0.3 is 0 Å². The molecule has 2 aromatic rings. The van der Waals surface area contributed by atoms with Crippen molar-refractivity contribution in [2.45, 2.75) is 13.8 Å². The summed E-state index contributed by atoms with van der Waals surface area (Å²) in [5.74, 6) is 0.456. The molecule has 6 heteroatoms. The molecule has 1 heterocycles. The second kappa shape index (κ2) is 4.50. The molecule has 88 valence electrons. The molecular weight excluding hydrogens is 236 g/mol. The summed E-state index contributed by atoms with van der Waals surface area (Å²) < 4.78 is 4.00. The van der Waals surface area contributed by atoms with Gasteiger partial charge in [-0.1, -0.05) is 0 Å². The van der Waals surface area contributed by atoms with Crippen molar-refractivity contribution in [2.24, 2.45) is 0 Å². The Labute approximate surface area is 103 Å². The van der Waals surface area contributed by atoms with Crippen molar-refractivity contribution in [3.63, 3.8) is 0 Å². The van der Waals surface area contributed by atoms with Crippen molar-refractivity contribution >= 4 is 28.3 Å². The van der Waals surface area contributed by atoms with Crippen LogP contribution in [0.15, 0.2) is 18.2 Å². The average Bonchev–Trinajstić information content (AvgIpc) is 2.63. The van der Waals surface area contributed by atoms with Crippen molar-refractivity contribution in [2.75, 3.05) is 11.1 Å². The summed E-state index contributed by atoms with van der Waals surface area (Å²) in [7, 11) is 0. The fraction of sp³-hybridized carbons (Fsp3) is 0.182. The zero-order valence-electron chi connectivity index (χ0n) is 9.52. The minimum Gasteiger partial charge on any atom is -0.399 e. The first-order chi connectivity index (χ1) is 8.06. The number of nitrogens with zero attached hydrogens (tertiary/aromatic N) is 2. The molecule has 1 aromatic carbocycles. The molecule has 1 aromatic heterocycles. The number of nitrogen functional groups attached to an aromatic ring is 1. The number of nitrogens with two attached hydrogens (primary N) is 1. The molecule has 0 radical (unpaired) electrons. The predicted molar refractivity (Wildman–Crippen MR) is 68.2 cm³/mol. The van der Waals surface area contributed by atoms with Crippen LogP contribution < -0.4 is 11.1 Å². The van der Waals surface area contributed by atoms with Gasteiger partial charge in [0.15, 0.2) is 0 Å². The number of aromatic nitrogens is 2. The van der Waals surface area contributed by atoms with E-state index in [0.717, 1.165) is 17.1 Å². The van der Waals surface area contributed by atoms with Gasteiger partial charge in [-0.15, -0.1) is 0 Å². The lowest BCUT2D eigenvalue weighted by Crippen LogP contribution is -2.13. The lowest BCUT2D eigenvalue weighted by Gasteiger charge is -2.05. The smallest absolute Gasteiger partial charge is 0.257 e. The largest absolute Gasteiger partial charge is 0.399 e. The van der Waals surface area contributed by atoms with Gasteiger partial charge in [0.1, 0.15) is 5.82 Å².